The summed E-state index contributed by atoms with van der Waals surface area (Å²) >= 11 is 14.9. The fourth-order valence-electron chi connectivity index (χ4n) is 1.36. The van der Waals surface area contributed by atoms with Crippen LogP contribution in [0.25, 0.3) is 0 Å². The third-order valence-electron chi connectivity index (χ3n) is 2.34. The lowest BCUT2D eigenvalue weighted by Crippen LogP contribution is -2.03. The monoisotopic (exact) mass is 308 g/mol. The summed E-state index contributed by atoms with van der Waals surface area (Å²) in [4.78, 5) is 11.8. The molecule has 5 heteroatoms. The van der Waals surface area contributed by atoms with Gasteiger partial charge in [-0.25, -0.2) is 0 Å². The van der Waals surface area contributed by atoms with Crippen LogP contribution in [0.1, 0.15) is 23.2 Å². The van der Waals surface area contributed by atoms with E-state index in [-0.39, 0.29) is 33.1 Å². The van der Waals surface area contributed by atoms with Crippen LogP contribution in [0.5, 0.6) is 5.75 Å². The zero-order valence-corrected chi connectivity index (χ0v) is 10.7. The Kier molecular flexibility index (Phi) is 2.97. The molecule has 1 fully saturated rings. The van der Waals surface area contributed by atoms with Gasteiger partial charge in [-0.05, 0) is 34.8 Å². The van der Waals surface area contributed by atoms with Crippen molar-refractivity contribution in [2.75, 3.05) is 0 Å². The summed E-state index contributed by atoms with van der Waals surface area (Å²) in [5, 5.41) is 10.1. The fraction of sp³-hybridized carbons (Fsp3) is 0.300. The molecule has 0 heterocycles. The van der Waals surface area contributed by atoms with E-state index in [2.05, 4.69) is 15.9 Å². The van der Waals surface area contributed by atoms with E-state index in [0.29, 0.717) is 4.47 Å². The standard InChI is InChI=1S/C10H7BrCl2O2/c11-5-3-6(12)10(15)7(8(5)13)9(14)4-1-2-4/h3-4,15H,1-2H2. The van der Waals surface area contributed by atoms with Crippen molar-refractivity contribution in [2.45, 2.75) is 12.8 Å². The van der Waals surface area contributed by atoms with Gasteiger partial charge in [0, 0.05) is 10.4 Å². The van der Waals surface area contributed by atoms with Gasteiger partial charge in [-0.2, -0.15) is 0 Å². The number of rotatable bonds is 2. The molecule has 1 aromatic carbocycles. The molecule has 80 valence electrons. The van der Waals surface area contributed by atoms with E-state index < -0.39 is 0 Å². The van der Waals surface area contributed by atoms with E-state index in [0.717, 1.165) is 12.8 Å². The van der Waals surface area contributed by atoms with Crippen molar-refractivity contribution >= 4 is 44.9 Å². The van der Waals surface area contributed by atoms with Gasteiger partial charge in [-0.15, -0.1) is 0 Å². The van der Waals surface area contributed by atoms with Crippen LogP contribution in [-0.4, -0.2) is 10.9 Å². The van der Waals surface area contributed by atoms with Crippen LogP contribution in [0.15, 0.2) is 10.5 Å². The number of phenols is 1. The first-order valence-corrected chi connectivity index (χ1v) is 5.98. The molecule has 0 amide bonds. The number of halogens is 3. The summed E-state index contributed by atoms with van der Waals surface area (Å²) in [5.74, 6) is -0.346. The summed E-state index contributed by atoms with van der Waals surface area (Å²) in [5.41, 5.74) is 0.138. The van der Waals surface area contributed by atoms with Crippen LogP contribution in [-0.2, 0) is 0 Å². The van der Waals surface area contributed by atoms with Gasteiger partial charge in [0.1, 0.15) is 5.75 Å². The lowest BCUT2D eigenvalue weighted by molar-refractivity contribution is 0.0965. The van der Waals surface area contributed by atoms with Crippen LogP contribution < -0.4 is 0 Å². The first-order valence-electron chi connectivity index (χ1n) is 4.43. The Morgan fingerprint density at radius 3 is 2.60 bits per heavy atom. The number of phenolic OH excluding ortho intramolecular Hbond substituents is 1. The first kappa shape index (κ1) is 11.2. The Hall–Kier alpha value is -0.250. The molecular weight excluding hydrogens is 303 g/mol. The van der Waals surface area contributed by atoms with Crippen molar-refractivity contribution in [1.82, 2.24) is 0 Å². The molecule has 0 radical (unpaired) electrons. The molecule has 0 spiro atoms. The molecule has 2 nitrogen and oxygen atoms in total. The average molecular weight is 310 g/mol. The predicted molar refractivity (Wildman–Crippen MR) is 62.9 cm³/mol. The quantitative estimate of drug-likeness (QED) is 0.661. The number of benzene rings is 1. The Morgan fingerprint density at radius 2 is 2.07 bits per heavy atom. The Bertz CT molecular complexity index is 415. The van der Waals surface area contributed by atoms with Gasteiger partial charge in [0.15, 0.2) is 5.78 Å². The molecule has 1 aliphatic carbocycles. The largest absolute Gasteiger partial charge is 0.506 e. The third kappa shape index (κ3) is 2.01. The molecule has 0 saturated heterocycles. The van der Waals surface area contributed by atoms with Gasteiger partial charge in [0.25, 0.3) is 0 Å². The maximum absolute atomic E-state index is 11.8. The molecule has 15 heavy (non-hydrogen) atoms. The topological polar surface area (TPSA) is 37.3 Å². The van der Waals surface area contributed by atoms with Gasteiger partial charge in [-0.3, -0.25) is 4.79 Å². The third-order valence-corrected chi connectivity index (χ3v) is 3.87. The maximum Gasteiger partial charge on any atom is 0.171 e. The highest BCUT2D eigenvalue weighted by Gasteiger charge is 2.34. The number of hydrogen-bond acceptors (Lipinski definition) is 2. The van der Waals surface area contributed by atoms with E-state index >= 15 is 0 Å². The molecular formula is C10H7BrCl2O2. The molecule has 0 bridgehead atoms. The second-order valence-corrected chi connectivity index (χ2v) is 5.16. The molecule has 1 N–H and O–H groups in total. The number of carbonyl (C=O) groups excluding carboxylic acids is 1. The average Bonchev–Trinajstić information content (AvgIpc) is 2.98. The van der Waals surface area contributed by atoms with Crippen LogP contribution in [0.3, 0.4) is 0 Å². The summed E-state index contributed by atoms with van der Waals surface area (Å²) in [6.07, 6.45) is 1.72. The fourth-order valence-corrected chi connectivity index (χ4v) is 2.36. The molecule has 0 unspecified atom stereocenters. The highest BCUT2D eigenvalue weighted by molar-refractivity contribution is 9.10. The normalized spacial score (nSPS) is 15.4. The van der Waals surface area contributed by atoms with Gasteiger partial charge in [0.2, 0.25) is 0 Å². The number of ketones is 1. The molecule has 0 aromatic heterocycles. The molecule has 1 aliphatic rings. The Morgan fingerprint density at radius 1 is 1.47 bits per heavy atom. The smallest absolute Gasteiger partial charge is 0.171 e. The highest BCUT2D eigenvalue weighted by Crippen LogP contribution is 2.43. The second-order valence-electron chi connectivity index (χ2n) is 3.52. The zero-order chi connectivity index (χ0) is 11.2. The van der Waals surface area contributed by atoms with E-state index in [4.69, 9.17) is 23.2 Å². The molecule has 0 atom stereocenters. The molecule has 2 rings (SSSR count). The Balaban J connectivity index is 2.57. The number of Topliss-reactive ketones (excluding diaryl/α,β-unsaturated/α-hetero) is 1. The van der Waals surface area contributed by atoms with Gasteiger partial charge >= 0.3 is 0 Å². The van der Waals surface area contributed by atoms with Gasteiger partial charge in [0.05, 0.1) is 15.6 Å². The van der Waals surface area contributed by atoms with E-state index in [1.165, 1.54) is 6.07 Å². The van der Waals surface area contributed by atoms with E-state index in [1.807, 2.05) is 0 Å². The van der Waals surface area contributed by atoms with E-state index in [1.54, 1.807) is 0 Å². The Labute approximate surface area is 105 Å². The first-order chi connectivity index (χ1) is 7.02. The van der Waals surface area contributed by atoms with E-state index in [9.17, 15) is 9.90 Å². The molecule has 1 aromatic rings. The van der Waals surface area contributed by atoms with Gasteiger partial charge < -0.3 is 5.11 Å². The van der Waals surface area contributed by atoms with Crippen molar-refractivity contribution in [3.63, 3.8) is 0 Å². The van der Waals surface area contributed by atoms with Crippen molar-refractivity contribution in [1.29, 1.82) is 0 Å². The van der Waals surface area contributed by atoms with Crippen LogP contribution in [0, 0.1) is 5.92 Å². The number of hydrogen-bond donors (Lipinski definition) is 1. The summed E-state index contributed by atoms with van der Waals surface area (Å²) in [7, 11) is 0. The number of aromatic hydroxyl groups is 1. The molecule has 1 saturated carbocycles. The summed E-state index contributed by atoms with van der Waals surface area (Å²) in [6, 6.07) is 1.48. The minimum atomic E-state index is -0.221. The number of carbonyl (C=O) groups is 1. The lowest BCUT2D eigenvalue weighted by atomic mass is 10.1. The SMILES string of the molecule is O=C(c1c(O)c(Cl)cc(Br)c1Cl)C1CC1. The highest BCUT2D eigenvalue weighted by atomic mass is 79.9. The summed E-state index contributed by atoms with van der Waals surface area (Å²) in [6.45, 7) is 0. The second kappa shape index (κ2) is 3.96. The van der Waals surface area contributed by atoms with Crippen LogP contribution >= 0.6 is 39.1 Å². The van der Waals surface area contributed by atoms with Crippen molar-refractivity contribution in [3.05, 3.63) is 26.1 Å². The summed E-state index contributed by atoms with van der Waals surface area (Å²) < 4.78 is 0.524. The maximum atomic E-state index is 11.8. The van der Waals surface area contributed by atoms with Crippen molar-refractivity contribution in [2.24, 2.45) is 5.92 Å². The van der Waals surface area contributed by atoms with Gasteiger partial charge in [-0.1, -0.05) is 23.2 Å². The minimum absolute atomic E-state index is 0.00114. The van der Waals surface area contributed by atoms with Crippen LogP contribution in [0.4, 0.5) is 0 Å². The predicted octanol–water partition coefficient (Wildman–Crippen LogP) is 4.05. The zero-order valence-electron chi connectivity index (χ0n) is 7.56. The van der Waals surface area contributed by atoms with Crippen molar-refractivity contribution < 1.29 is 9.90 Å². The lowest BCUT2D eigenvalue weighted by Gasteiger charge is -2.08. The minimum Gasteiger partial charge on any atom is -0.506 e. The van der Waals surface area contributed by atoms with Crippen molar-refractivity contribution in [3.8, 4) is 5.75 Å². The molecule has 0 aliphatic heterocycles. The van der Waals surface area contributed by atoms with Crippen LogP contribution in [0.2, 0.25) is 10.0 Å².